The third kappa shape index (κ3) is 4.07. The molecule has 1 heterocycles. The number of piperazine rings is 1. The molecular weight excluding hydrogens is 262 g/mol. The lowest BCUT2D eigenvalue weighted by Crippen LogP contribution is -2.63. The maximum Gasteiger partial charge on any atom is 0.237 e. The molecule has 0 radical (unpaired) electrons. The first kappa shape index (κ1) is 16.5. The van der Waals surface area contributed by atoms with E-state index in [9.17, 15) is 4.79 Å². The molecule has 1 spiro atoms. The van der Waals surface area contributed by atoms with Crippen LogP contribution in [0.5, 0.6) is 0 Å². The number of hydrogen-bond donors (Lipinski definition) is 1. The average molecular weight is 293 g/mol. The number of nitrogens with zero attached hydrogens (tertiary/aromatic N) is 2. The van der Waals surface area contributed by atoms with Gasteiger partial charge in [0.25, 0.3) is 0 Å². The van der Waals surface area contributed by atoms with Crippen molar-refractivity contribution in [3.8, 4) is 0 Å². The van der Waals surface area contributed by atoms with Crippen molar-refractivity contribution in [2.45, 2.75) is 51.5 Å². The van der Waals surface area contributed by atoms with Crippen molar-refractivity contribution in [2.24, 2.45) is 0 Å². The summed E-state index contributed by atoms with van der Waals surface area (Å²) in [5.74, 6) is 0.257. The largest absolute Gasteiger partial charge is 0.338 e. The molecule has 0 aromatic rings. The Bertz CT molecular complexity index is 366. The molecule has 0 atom stereocenters. The van der Waals surface area contributed by atoms with Crippen molar-refractivity contribution in [3.05, 3.63) is 12.2 Å². The monoisotopic (exact) mass is 293 g/mol. The van der Waals surface area contributed by atoms with Crippen molar-refractivity contribution in [3.63, 3.8) is 0 Å². The SMILES string of the molecule is C=C(C)CN(CC)C(=O)CN1CCNCC12CCCCC2. The molecule has 2 fully saturated rings. The number of carbonyl (C=O) groups is 1. The molecule has 0 bridgehead atoms. The Morgan fingerprint density at radius 3 is 2.67 bits per heavy atom. The standard InChI is InChI=1S/C17H31N3O/c1-4-19(12-15(2)3)16(21)13-20-11-10-18-14-17(20)8-6-5-7-9-17/h18H,2,4-14H2,1,3H3. The molecular formula is C17H31N3O. The van der Waals surface area contributed by atoms with Gasteiger partial charge in [0.15, 0.2) is 0 Å². The quantitative estimate of drug-likeness (QED) is 0.788. The minimum Gasteiger partial charge on any atom is -0.338 e. The minimum atomic E-state index is 0.231. The van der Waals surface area contributed by atoms with Gasteiger partial charge in [-0.1, -0.05) is 31.4 Å². The summed E-state index contributed by atoms with van der Waals surface area (Å²) in [6.07, 6.45) is 6.42. The van der Waals surface area contributed by atoms with Crippen molar-refractivity contribution in [1.29, 1.82) is 0 Å². The molecule has 120 valence electrons. The number of amides is 1. The second kappa shape index (κ2) is 7.41. The maximum atomic E-state index is 12.6. The summed E-state index contributed by atoms with van der Waals surface area (Å²) in [4.78, 5) is 17.0. The topological polar surface area (TPSA) is 35.6 Å². The number of likely N-dealkylation sites (N-methyl/N-ethyl adjacent to an activating group) is 1. The van der Waals surface area contributed by atoms with Crippen molar-refractivity contribution >= 4 is 5.91 Å². The highest BCUT2D eigenvalue weighted by Crippen LogP contribution is 2.34. The molecule has 1 amide bonds. The van der Waals surface area contributed by atoms with E-state index >= 15 is 0 Å². The number of rotatable bonds is 5. The van der Waals surface area contributed by atoms with E-state index in [4.69, 9.17) is 0 Å². The molecule has 0 unspecified atom stereocenters. The van der Waals surface area contributed by atoms with Crippen LogP contribution in [0, 0.1) is 0 Å². The van der Waals surface area contributed by atoms with Gasteiger partial charge >= 0.3 is 0 Å². The third-order valence-electron chi connectivity index (χ3n) is 4.99. The third-order valence-corrected chi connectivity index (χ3v) is 4.99. The van der Waals surface area contributed by atoms with Gasteiger partial charge in [0.2, 0.25) is 5.91 Å². The highest BCUT2D eigenvalue weighted by Gasteiger charge is 2.40. The van der Waals surface area contributed by atoms with E-state index in [0.29, 0.717) is 13.1 Å². The molecule has 0 aromatic heterocycles. The fourth-order valence-corrected chi connectivity index (χ4v) is 3.80. The van der Waals surface area contributed by atoms with Crippen molar-refractivity contribution in [2.75, 3.05) is 39.3 Å². The van der Waals surface area contributed by atoms with Crippen LogP contribution in [0.3, 0.4) is 0 Å². The second-order valence-corrected chi connectivity index (χ2v) is 6.75. The normalized spacial score (nSPS) is 22.2. The van der Waals surface area contributed by atoms with Crippen LogP contribution >= 0.6 is 0 Å². The Morgan fingerprint density at radius 1 is 1.33 bits per heavy atom. The zero-order valence-corrected chi connectivity index (χ0v) is 13.8. The minimum absolute atomic E-state index is 0.231. The lowest BCUT2D eigenvalue weighted by atomic mass is 9.79. The Morgan fingerprint density at radius 2 is 2.05 bits per heavy atom. The van der Waals surface area contributed by atoms with Crippen LogP contribution < -0.4 is 5.32 Å². The van der Waals surface area contributed by atoms with Gasteiger partial charge in [-0.2, -0.15) is 0 Å². The Labute approximate surface area is 129 Å². The molecule has 1 aliphatic carbocycles. The Hall–Kier alpha value is -0.870. The molecule has 21 heavy (non-hydrogen) atoms. The predicted molar refractivity (Wildman–Crippen MR) is 87.3 cm³/mol. The van der Waals surface area contributed by atoms with Crippen LogP contribution in [0.2, 0.25) is 0 Å². The predicted octanol–water partition coefficient (Wildman–Crippen LogP) is 2.02. The Balaban J connectivity index is 2.01. The van der Waals surface area contributed by atoms with E-state index < -0.39 is 0 Å². The fourth-order valence-electron chi connectivity index (χ4n) is 3.80. The molecule has 2 aliphatic rings. The molecule has 0 aromatic carbocycles. The van der Waals surface area contributed by atoms with Crippen molar-refractivity contribution < 1.29 is 4.79 Å². The van der Waals surface area contributed by atoms with E-state index in [1.54, 1.807) is 0 Å². The van der Waals surface area contributed by atoms with E-state index in [2.05, 4.69) is 23.7 Å². The van der Waals surface area contributed by atoms with E-state index in [1.165, 1.54) is 32.1 Å². The van der Waals surface area contributed by atoms with Gasteiger partial charge in [-0.3, -0.25) is 9.69 Å². The van der Waals surface area contributed by atoms with Gasteiger partial charge in [-0.15, -0.1) is 0 Å². The maximum absolute atomic E-state index is 12.6. The number of nitrogens with one attached hydrogen (secondary N) is 1. The van der Waals surface area contributed by atoms with E-state index in [1.807, 2.05) is 11.8 Å². The Kier molecular flexibility index (Phi) is 5.82. The molecule has 1 saturated heterocycles. The van der Waals surface area contributed by atoms with Gasteiger partial charge in [0, 0.05) is 38.3 Å². The molecule has 1 saturated carbocycles. The van der Waals surface area contributed by atoms with E-state index in [0.717, 1.165) is 31.8 Å². The summed E-state index contributed by atoms with van der Waals surface area (Å²) in [7, 11) is 0. The summed E-state index contributed by atoms with van der Waals surface area (Å²) in [5.41, 5.74) is 1.28. The van der Waals surface area contributed by atoms with Crippen LogP contribution in [0.15, 0.2) is 12.2 Å². The lowest BCUT2D eigenvalue weighted by molar-refractivity contribution is -0.134. The summed E-state index contributed by atoms with van der Waals surface area (Å²) < 4.78 is 0. The van der Waals surface area contributed by atoms with Crippen LogP contribution in [-0.2, 0) is 4.79 Å². The van der Waals surface area contributed by atoms with Gasteiger partial charge in [0.1, 0.15) is 0 Å². The zero-order chi connectivity index (χ0) is 15.3. The first-order valence-corrected chi connectivity index (χ1v) is 8.45. The van der Waals surface area contributed by atoms with Gasteiger partial charge in [-0.05, 0) is 26.7 Å². The summed E-state index contributed by atoms with van der Waals surface area (Å²) in [5, 5.41) is 3.54. The number of hydrogen-bond acceptors (Lipinski definition) is 3. The van der Waals surface area contributed by atoms with Gasteiger partial charge in [-0.25, -0.2) is 0 Å². The molecule has 1 N–H and O–H groups in total. The van der Waals surface area contributed by atoms with Gasteiger partial charge in [0.05, 0.1) is 6.54 Å². The zero-order valence-electron chi connectivity index (χ0n) is 13.8. The van der Waals surface area contributed by atoms with Crippen LogP contribution in [0.4, 0.5) is 0 Å². The van der Waals surface area contributed by atoms with Crippen LogP contribution in [0.25, 0.3) is 0 Å². The second-order valence-electron chi connectivity index (χ2n) is 6.75. The van der Waals surface area contributed by atoms with E-state index in [-0.39, 0.29) is 11.4 Å². The van der Waals surface area contributed by atoms with Crippen LogP contribution in [0.1, 0.15) is 46.0 Å². The molecule has 1 aliphatic heterocycles. The first-order chi connectivity index (χ1) is 10.1. The first-order valence-electron chi connectivity index (χ1n) is 8.45. The smallest absolute Gasteiger partial charge is 0.237 e. The fraction of sp³-hybridized carbons (Fsp3) is 0.824. The molecule has 2 rings (SSSR count). The summed E-state index contributed by atoms with van der Waals surface area (Å²) >= 11 is 0. The van der Waals surface area contributed by atoms with Crippen molar-refractivity contribution in [1.82, 2.24) is 15.1 Å². The molecule has 4 nitrogen and oxygen atoms in total. The number of carbonyl (C=O) groups excluding carboxylic acids is 1. The summed E-state index contributed by atoms with van der Waals surface area (Å²) in [6, 6.07) is 0. The highest BCUT2D eigenvalue weighted by molar-refractivity contribution is 5.78. The highest BCUT2D eigenvalue weighted by atomic mass is 16.2. The molecule has 4 heteroatoms. The van der Waals surface area contributed by atoms with Gasteiger partial charge < -0.3 is 10.2 Å². The summed E-state index contributed by atoms with van der Waals surface area (Å²) in [6.45, 7) is 13.1. The average Bonchev–Trinajstić information content (AvgIpc) is 2.48. The van der Waals surface area contributed by atoms with Crippen LogP contribution in [-0.4, -0.2) is 60.5 Å². The lowest BCUT2D eigenvalue weighted by Gasteiger charge is -2.50.